The van der Waals surface area contributed by atoms with Crippen LogP contribution in [0.2, 0.25) is 0 Å². The number of carbonyl (C=O) groups excluding carboxylic acids is 1. The van der Waals surface area contributed by atoms with Crippen molar-refractivity contribution in [1.29, 1.82) is 0 Å². The molecule has 1 aromatic rings. The molecule has 1 aliphatic heterocycles. The highest BCUT2D eigenvalue weighted by Gasteiger charge is 2.14. The number of nitrogens with one attached hydrogen (secondary N) is 1. The van der Waals surface area contributed by atoms with E-state index >= 15 is 0 Å². The third-order valence-corrected chi connectivity index (χ3v) is 2.37. The molecule has 0 radical (unpaired) electrons. The molecule has 1 amide bonds. The molecule has 0 aromatic heterocycles. The fraction of sp³-hybridized carbons (Fsp3) is 0.273. The Morgan fingerprint density at radius 2 is 2.06 bits per heavy atom. The fourth-order valence-corrected chi connectivity index (χ4v) is 1.53. The van der Waals surface area contributed by atoms with Crippen LogP contribution in [0.15, 0.2) is 18.2 Å². The van der Waals surface area contributed by atoms with Crippen molar-refractivity contribution in [2.75, 3.05) is 19.8 Å². The predicted octanol–water partition coefficient (Wildman–Crippen LogP) is 0.474. The lowest BCUT2D eigenvalue weighted by Crippen LogP contribution is -2.32. The molecule has 1 heterocycles. The third kappa shape index (κ3) is 2.85. The molecule has 0 saturated carbocycles. The van der Waals surface area contributed by atoms with Gasteiger partial charge >= 0.3 is 0 Å². The molecular weight excluding hydrogens is 240 g/mol. The molecule has 1 aliphatic rings. The second kappa shape index (κ2) is 5.01. The molecule has 3 N–H and O–H groups in total. The largest absolute Gasteiger partial charge is 0.486 e. The summed E-state index contributed by atoms with van der Waals surface area (Å²) in [5, 5.41) is 2.60. The minimum absolute atomic E-state index is 0.183. The van der Waals surface area contributed by atoms with Crippen LogP contribution in [0.25, 0.3) is 0 Å². The molecule has 0 unspecified atom stereocenters. The van der Waals surface area contributed by atoms with Crippen LogP contribution >= 0.6 is 12.2 Å². The normalized spacial score (nSPS) is 12.9. The van der Waals surface area contributed by atoms with Gasteiger partial charge in [0.05, 0.1) is 11.5 Å². The number of benzene rings is 1. The Hall–Kier alpha value is -1.82. The summed E-state index contributed by atoms with van der Waals surface area (Å²) in [7, 11) is 0. The van der Waals surface area contributed by atoms with E-state index < -0.39 is 0 Å². The van der Waals surface area contributed by atoms with E-state index in [1.54, 1.807) is 18.2 Å². The van der Waals surface area contributed by atoms with Gasteiger partial charge in [0.15, 0.2) is 11.5 Å². The highest BCUT2D eigenvalue weighted by Crippen LogP contribution is 2.30. The van der Waals surface area contributed by atoms with Gasteiger partial charge in [0.1, 0.15) is 13.2 Å². The summed E-state index contributed by atoms with van der Waals surface area (Å²) in [5.74, 6) is 0.996. The first kappa shape index (κ1) is 11.7. The zero-order chi connectivity index (χ0) is 12.3. The monoisotopic (exact) mass is 252 g/mol. The van der Waals surface area contributed by atoms with E-state index in [4.69, 9.17) is 15.2 Å². The Bertz CT molecular complexity index is 462. The molecule has 0 fully saturated rings. The number of hydrogen-bond acceptors (Lipinski definition) is 4. The van der Waals surface area contributed by atoms with Gasteiger partial charge in [-0.05, 0) is 18.2 Å². The number of rotatable bonds is 3. The topological polar surface area (TPSA) is 73.6 Å². The minimum Gasteiger partial charge on any atom is -0.486 e. The molecular formula is C11H12N2O3S. The predicted molar refractivity (Wildman–Crippen MR) is 66.6 cm³/mol. The van der Waals surface area contributed by atoms with E-state index in [-0.39, 0.29) is 17.4 Å². The van der Waals surface area contributed by atoms with Crippen molar-refractivity contribution in [2.45, 2.75) is 0 Å². The maximum absolute atomic E-state index is 11.7. The average molecular weight is 252 g/mol. The molecule has 0 aliphatic carbocycles. The van der Waals surface area contributed by atoms with Crippen LogP contribution in [0.4, 0.5) is 0 Å². The smallest absolute Gasteiger partial charge is 0.251 e. The Kier molecular flexibility index (Phi) is 3.43. The van der Waals surface area contributed by atoms with Gasteiger partial charge in [0, 0.05) is 5.56 Å². The summed E-state index contributed by atoms with van der Waals surface area (Å²) in [5.41, 5.74) is 5.79. The first-order valence-corrected chi connectivity index (χ1v) is 5.54. The second-order valence-corrected chi connectivity index (χ2v) is 4.03. The lowest BCUT2D eigenvalue weighted by Gasteiger charge is -2.18. The van der Waals surface area contributed by atoms with E-state index in [0.29, 0.717) is 30.3 Å². The zero-order valence-corrected chi connectivity index (χ0v) is 9.88. The first-order valence-electron chi connectivity index (χ1n) is 5.13. The molecule has 6 heteroatoms. The Morgan fingerprint density at radius 3 is 2.76 bits per heavy atom. The fourth-order valence-electron chi connectivity index (χ4n) is 1.45. The van der Waals surface area contributed by atoms with Gasteiger partial charge in [0.25, 0.3) is 5.91 Å². The summed E-state index contributed by atoms with van der Waals surface area (Å²) in [6.45, 7) is 1.20. The number of nitrogens with two attached hydrogens (primary N) is 1. The number of fused-ring (bicyclic) bond motifs is 1. The van der Waals surface area contributed by atoms with Crippen molar-refractivity contribution < 1.29 is 14.3 Å². The van der Waals surface area contributed by atoms with Gasteiger partial charge in [-0.1, -0.05) is 12.2 Å². The SMILES string of the molecule is NC(=S)CNC(=O)c1ccc2c(c1)OCCO2. The molecule has 0 bridgehead atoms. The molecule has 5 nitrogen and oxygen atoms in total. The number of carbonyl (C=O) groups is 1. The van der Waals surface area contributed by atoms with Crippen LogP contribution in [0.3, 0.4) is 0 Å². The van der Waals surface area contributed by atoms with Gasteiger partial charge in [-0.25, -0.2) is 0 Å². The molecule has 90 valence electrons. The van der Waals surface area contributed by atoms with E-state index in [1.807, 2.05) is 0 Å². The van der Waals surface area contributed by atoms with Gasteiger partial charge in [-0.15, -0.1) is 0 Å². The standard InChI is InChI=1S/C11H12N2O3S/c12-10(17)6-13-11(14)7-1-2-8-9(5-7)16-4-3-15-8/h1-2,5H,3-4,6H2,(H2,12,17)(H,13,14). The Labute approximate surface area is 104 Å². The Balaban J connectivity index is 2.11. The lowest BCUT2D eigenvalue weighted by atomic mass is 10.2. The number of thiocarbonyl (C=S) groups is 1. The molecule has 17 heavy (non-hydrogen) atoms. The molecule has 0 atom stereocenters. The average Bonchev–Trinajstić information content (AvgIpc) is 2.35. The van der Waals surface area contributed by atoms with Crippen LogP contribution in [-0.2, 0) is 0 Å². The summed E-state index contributed by atoms with van der Waals surface area (Å²) < 4.78 is 10.7. The van der Waals surface area contributed by atoms with Gasteiger partial charge in [-0.3, -0.25) is 4.79 Å². The lowest BCUT2D eigenvalue weighted by molar-refractivity contribution is 0.0958. The van der Waals surface area contributed by atoms with Crippen LogP contribution in [0.5, 0.6) is 11.5 Å². The summed E-state index contributed by atoms with van der Waals surface area (Å²) in [6.07, 6.45) is 0. The van der Waals surface area contributed by atoms with Gasteiger partial charge in [-0.2, -0.15) is 0 Å². The molecule has 1 aromatic carbocycles. The van der Waals surface area contributed by atoms with Crippen molar-refractivity contribution in [3.63, 3.8) is 0 Å². The molecule has 0 spiro atoms. The number of hydrogen-bond donors (Lipinski definition) is 2. The third-order valence-electron chi connectivity index (χ3n) is 2.23. The summed E-state index contributed by atoms with van der Waals surface area (Å²) >= 11 is 4.68. The quantitative estimate of drug-likeness (QED) is 0.765. The van der Waals surface area contributed by atoms with E-state index in [2.05, 4.69) is 17.5 Å². The number of amides is 1. The minimum atomic E-state index is -0.241. The van der Waals surface area contributed by atoms with Crippen LogP contribution in [0.1, 0.15) is 10.4 Å². The van der Waals surface area contributed by atoms with Crippen molar-refractivity contribution in [3.05, 3.63) is 23.8 Å². The van der Waals surface area contributed by atoms with E-state index in [9.17, 15) is 4.79 Å². The highest BCUT2D eigenvalue weighted by molar-refractivity contribution is 7.80. The maximum Gasteiger partial charge on any atom is 0.251 e. The van der Waals surface area contributed by atoms with Crippen molar-refractivity contribution in [3.8, 4) is 11.5 Å². The van der Waals surface area contributed by atoms with Crippen molar-refractivity contribution in [1.82, 2.24) is 5.32 Å². The van der Waals surface area contributed by atoms with Crippen molar-refractivity contribution >= 4 is 23.1 Å². The second-order valence-electron chi connectivity index (χ2n) is 3.51. The molecule has 2 rings (SSSR count). The number of ether oxygens (including phenoxy) is 2. The summed E-state index contributed by atoms with van der Waals surface area (Å²) in [4.78, 5) is 12.0. The summed E-state index contributed by atoms with van der Waals surface area (Å²) in [6, 6.07) is 5.02. The van der Waals surface area contributed by atoms with Gasteiger partial charge in [0.2, 0.25) is 0 Å². The highest BCUT2D eigenvalue weighted by atomic mass is 32.1. The van der Waals surface area contributed by atoms with Crippen molar-refractivity contribution in [2.24, 2.45) is 5.73 Å². The van der Waals surface area contributed by atoms with Gasteiger partial charge < -0.3 is 20.5 Å². The zero-order valence-electron chi connectivity index (χ0n) is 9.06. The Morgan fingerprint density at radius 1 is 1.35 bits per heavy atom. The first-order chi connectivity index (χ1) is 8.16. The van der Waals surface area contributed by atoms with Crippen LogP contribution in [-0.4, -0.2) is 30.7 Å². The van der Waals surface area contributed by atoms with E-state index in [0.717, 1.165) is 0 Å². The maximum atomic E-state index is 11.7. The van der Waals surface area contributed by atoms with E-state index in [1.165, 1.54) is 0 Å². The van der Waals surface area contributed by atoms with Crippen LogP contribution < -0.4 is 20.5 Å². The van der Waals surface area contributed by atoms with Crippen LogP contribution in [0, 0.1) is 0 Å². The molecule has 0 saturated heterocycles.